The Bertz CT molecular complexity index is 384. The summed E-state index contributed by atoms with van der Waals surface area (Å²) in [6.45, 7) is 5.05. The quantitative estimate of drug-likeness (QED) is 0.513. The first-order valence-electron chi connectivity index (χ1n) is 7.85. The minimum atomic E-state index is 0.0676. The van der Waals surface area contributed by atoms with Gasteiger partial charge >= 0.3 is 6.01 Å². The molecule has 21 heavy (non-hydrogen) atoms. The van der Waals surface area contributed by atoms with Crippen LogP contribution in [-0.4, -0.2) is 21.6 Å². The van der Waals surface area contributed by atoms with Gasteiger partial charge in [-0.05, 0) is 42.0 Å². The van der Waals surface area contributed by atoms with Crippen LogP contribution in [0, 0.1) is 5.92 Å². The van der Waals surface area contributed by atoms with E-state index in [1.54, 1.807) is 0 Å². The fraction of sp³-hybridized carbons (Fsp3) is 0.800. The molecule has 0 radical (unpaired) electrons. The summed E-state index contributed by atoms with van der Waals surface area (Å²) in [6.07, 6.45) is 9.90. The van der Waals surface area contributed by atoms with E-state index >= 15 is 0 Å². The molecule has 0 aromatic carbocycles. The highest BCUT2D eigenvalue weighted by molar-refractivity contribution is 6.31. The molecule has 1 aromatic heterocycles. The Morgan fingerprint density at radius 1 is 0.857 bits per heavy atom. The zero-order chi connectivity index (χ0) is 15.5. The van der Waals surface area contributed by atoms with Crippen LogP contribution in [0.15, 0.2) is 0 Å². The molecule has 1 unspecified atom stereocenters. The van der Waals surface area contributed by atoms with Crippen LogP contribution in [0.1, 0.15) is 65.2 Å². The van der Waals surface area contributed by atoms with Gasteiger partial charge in [0.05, 0.1) is 6.61 Å². The molecule has 1 heterocycles. The Labute approximate surface area is 137 Å². The lowest BCUT2D eigenvalue weighted by molar-refractivity contribution is 0.210. The van der Waals surface area contributed by atoms with E-state index in [-0.39, 0.29) is 16.6 Å². The van der Waals surface area contributed by atoms with Gasteiger partial charge in [0.2, 0.25) is 10.6 Å². The van der Waals surface area contributed by atoms with Crippen molar-refractivity contribution in [1.29, 1.82) is 0 Å². The molecule has 4 nitrogen and oxygen atoms in total. The lowest BCUT2D eigenvalue weighted by Gasteiger charge is -2.16. The Morgan fingerprint density at radius 2 is 1.48 bits per heavy atom. The van der Waals surface area contributed by atoms with Crippen LogP contribution in [-0.2, 0) is 0 Å². The third-order valence-corrected chi connectivity index (χ3v) is 3.78. The van der Waals surface area contributed by atoms with Crippen molar-refractivity contribution in [3.05, 3.63) is 10.6 Å². The van der Waals surface area contributed by atoms with Crippen molar-refractivity contribution >= 4 is 23.2 Å². The van der Waals surface area contributed by atoms with E-state index in [0.717, 1.165) is 0 Å². The molecule has 0 amide bonds. The molecule has 0 aliphatic carbocycles. The van der Waals surface area contributed by atoms with Crippen molar-refractivity contribution in [2.45, 2.75) is 65.2 Å². The molecule has 6 heteroatoms. The minimum absolute atomic E-state index is 0.0676. The van der Waals surface area contributed by atoms with E-state index in [2.05, 4.69) is 28.8 Å². The highest BCUT2D eigenvalue weighted by atomic mass is 35.5. The number of nitrogens with zero attached hydrogens (tertiary/aromatic N) is 3. The van der Waals surface area contributed by atoms with Crippen LogP contribution in [0.5, 0.6) is 6.01 Å². The fourth-order valence-corrected chi connectivity index (χ4v) is 2.58. The Hall–Kier alpha value is -0.610. The molecule has 0 N–H and O–H groups in total. The summed E-state index contributed by atoms with van der Waals surface area (Å²) < 4.78 is 5.65. The number of aromatic nitrogens is 3. The van der Waals surface area contributed by atoms with Crippen LogP contribution in [0.2, 0.25) is 10.6 Å². The van der Waals surface area contributed by atoms with E-state index < -0.39 is 0 Å². The number of hydrogen-bond donors (Lipinski definition) is 0. The fourth-order valence-electron chi connectivity index (χ4n) is 2.23. The van der Waals surface area contributed by atoms with Crippen molar-refractivity contribution in [2.75, 3.05) is 6.61 Å². The zero-order valence-corrected chi connectivity index (χ0v) is 14.5. The molecule has 0 fully saturated rings. The van der Waals surface area contributed by atoms with Crippen molar-refractivity contribution < 1.29 is 4.74 Å². The standard InChI is InChI=1S/C15H25Cl2N3O/c1-3-5-7-8-10-12(9-6-4-2)11-21-15-19-13(16)18-14(17)20-15/h12H,3-11H2,1-2H3. The van der Waals surface area contributed by atoms with E-state index in [9.17, 15) is 0 Å². The maximum Gasteiger partial charge on any atom is 0.322 e. The normalized spacial score (nSPS) is 12.4. The van der Waals surface area contributed by atoms with E-state index in [0.29, 0.717) is 12.5 Å². The third-order valence-electron chi connectivity index (χ3n) is 3.44. The predicted octanol–water partition coefficient (Wildman–Crippen LogP) is 5.33. The minimum Gasteiger partial charge on any atom is -0.463 e. The van der Waals surface area contributed by atoms with Crippen LogP contribution in [0.25, 0.3) is 0 Å². The zero-order valence-electron chi connectivity index (χ0n) is 12.9. The molecule has 1 rings (SSSR count). The summed E-state index contributed by atoms with van der Waals surface area (Å²) in [5.74, 6) is 0.538. The first kappa shape index (κ1) is 18.4. The van der Waals surface area contributed by atoms with Gasteiger partial charge in [-0.1, -0.05) is 52.4 Å². The smallest absolute Gasteiger partial charge is 0.322 e. The second-order valence-corrected chi connectivity index (χ2v) is 6.00. The topological polar surface area (TPSA) is 47.9 Å². The van der Waals surface area contributed by atoms with Gasteiger partial charge in [-0.25, -0.2) is 0 Å². The summed E-state index contributed by atoms with van der Waals surface area (Å²) in [4.78, 5) is 11.6. The van der Waals surface area contributed by atoms with Crippen LogP contribution in [0.3, 0.4) is 0 Å². The average molecular weight is 334 g/mol. The van der Waals surface area contributed by atoms with Gasteiger partial charge in [-0.15, -0.1) is 0 Å². The molecule has 0 saturated carbocycles. The highest BCUT2D eigenvalue weighted by Crippen LogP contribution is 2.19. The Kier molecular flexibility index (Phi) is 9.68. The number of unbranched alkanes of at least 4 members (excludes halogenated alkanes) is 4. The van der Waals surface area contributed by atoms with Gasteiger partial charge in [0.15, 0.2) is 0 Å². The maximum absolute atomic E-state index is 5.74. The molecule has 1 aromatic rings. The number of rotatable bonds is 11. The van der Waals surface area contributed by atoms with E-state index in [1.165, 1.54) is 51.4 Å². The van der Waals surface area contributed by atoms with Crippen molar-refractivity contribution in [3.8, 4) is 6.01 Å². The molecule has 1 atom stereocenters. The second-order valence-electron chi connectivity index (χ2n) is 5.32. The molecular weight excluding hydrogens is 309 g/mol. The summed E-state index contributed by atoms with van der Waals surface area (Å²) in [7, 11) is 0. The van der Waals surface area contributed by atoms with Gasteiger partial charge in [0.25, 0.3) is 0 Å². The first-order chi connectivity index (χ1) is 10.2. The molecule has 0 aliphatic rings. The van der Waals surface area contributed by atoms with Crippen LogP contribution < -0.4 is 4.74 Å². The SMILES string of the molecule is CCCCCCC(CCCC)COc1nc(Cl)nc(Cl)n1. The lowest BCUT2D eigenvalue weighted by Crippen LogP contribution is -2.14. The van der Waals surface area contributed by atoms with Crippen molar-refractivity contribution in [1.82, 2.24) is 15.0 Å². The van der Waals surface area contributed by atoms with Crippen LogP contribution >= 0.6 is 23.2 Å². The predicted molar refractivity (Wildman–Crippen MR) is 87.1 cm³/mol. The van der Waals surface area contributed by atoms with Gasteiger partial charge < -0.3 is 4.74 Å². The number of halogens is 2. The van der Waals surface area contributed by atoms with Gasteiger partial charge in [-0.3, -0.25) is 0 Å². The van der Waals surface area contributed by atoms with E-state index in [4.69, 9.17) is 27.9 Å². The highest BCUT2D eigenvalue weighted by Gasteiger charge is 2.11. The molecule has 0 saturated heterocycles. The maximum atomic E-state index is 5.74. The third kappa shape index (κ3) is 8.42. The molecule has 120 valence electrons. The summed E-state index contributed by atoms with van der Waals surface area (Å²) in [5, 5.41) is 0.135. The molecular formula is C15H25Cl2N3O. The first-order valence-corrected chi connectivity index (χ1v) is 8.61. The molecule has 0 bridgehead atoms. The van der Waals surface area contributed by atoms with Gasteiger partial charge in [-0.2, -0.15) is 15.0 Å². The lowest BCUT2D eigenvalue weighted by atomic mass is 9.96. The second kappa shape index (κ2) is 11.0. The van der Waals surface area contributed by atoms with Gasteiger partial charge in [0.1, 0.15) is 0 Å². The number of hydrogen-bond acceptors (Lipinski definition) is 4. The average Bonchev–Trinajstić information content (AvgIpc) is 2.44. The number of ether oxygens (including phenoxy) is 1. The summed E-state index contributed by atoms with van der Waals surface area (Å²) in [5.41, 5.74) is 0. The monoisotopic (exact) mass is 333 g/mol. The largest absolute Gasteiger partial charge is 0.463 e. The molecule has 0 spiro atoms. The summed E-state index contributed by atoms with van der Waals surface area (Å²) >= 11 is 11.5. The van der Waals surface area contributed by atoms with E-state index in [1.807, 2.05) is 0 Å². The van der Waals surface area contributed by atoms with Crippen molar-refractivity contribution in [3.63, 3.8) is 0 Å². The summed E-state index contributed by atoms with van der Waals surface area (Å²) in [6, 6.07) is 0.218. The molecule has 0 aliphatic heterocycles. The Balaban J connectivity index is 2.43. The Morgan fingerprint density at radius 3 is 2.10 bits per heavy atom. The van der Waals surface area contributed by atoms with Gasteiger partial charge in [0, 0.05) is 0 Å². The van der Waals surface area contributed by atoms with Crippen LogP contribution in [0.4, 0.5) is 0 Å². The van der Waals surface area contributed by atoms with Crippen molar-refractivity contribution in [2.24, 2.45) is 5.92 Å².